The minimum Gasteiger partial charge on any atom is -0.490 e. The lowest BCUT2D eigenvalue weighted by Crippen LogP contribution is -2.13. The molecule has 7 rings (SSSR count). The van der Waals surface area contributed by atoms with E-state index < -0.39 is 5.97 Å². The van der Waals surface area contributed by atoms with Crippen LogP contribution in [0.1, 0.15) is 66.4 Å². The van der Waals surface area contributed by atoms with E-state index in [4.69, 9.17) is 25.8 Å². The second-order valence-electron chi connectivity index (χ2n) is 10.9. The third kappa shape index (κ3) is 4.00. The molecule has 3 saturated carbocycles. The molecule has 37 heavy (non-hydrogen) atoms. The van der Waals surface area contributed by atoms with E-state index in [0.29, 0.717) is 28.6 Å². The molecule has 0 radical (unpaired) electrons. The van der Waals surface area contributed by atoms with Crippen molar-refractivity contribution in [2.24, 2.45) is 11.8 Å². The van der Waals surface area contributed by atoms with Crippen molar-refractivity contribution in [1.29, 1.82) is 0 Å². The predicted molar refractivity (Wildman–Crippen MR) is 140 cm³/mol. The van der Waals surface area contributed by atoms with Gasteiger partial charge in [0.2, 0.25) is 0 Å². The molecule has 0 spiro atoms. The van der Waals surface area contributed by atoms with Crippen LogP contribution in [0.4, 0.5) is 0 Å². The largest absolute Gasteiger partial charge is 0.490 e. The molecule has 8 heteroatoms. The monoisotopic (exact) mass is 517 g/mol. The normalized spacial score (nSPS) is 17.6. The quantitative estimate of drug-likeness (QED) is 0.265. The minimum atomic E-state index is -1.03. The number of carbonyl (C=O) groups is 1. The first kappa shape index (κ1) is 22.8. The fraction of sp³-hybridized carbons (Fsp3) is 0.414. The molecule has 1 aromatic carbocycles. The highest BCUT2D eigenvalue weighted by atomic mass is 35.5. The molecule has 0 bridgehead atoms. The van der Waals surface area contributed by atoms with Crippen LogP contribution >= 0.6 is 11.6 Å². The number of carboxylic acids is 1. The molecule has 3 aliphatic carbocycles. The van der Waals surface area contributed by atoms with Crippen molar-refractivity contribution in [3.05, 3.63) is 52.6 Å². The first-order chi connectivity index (χ1) is 17.9. The molecular weight excluding hydrogens is 490 g/mol. The van der Waals surface area contributed by atoms with E-state index in [0.717, 1.165) is 57.6 Å². The summed E-state index contributed by atoms with van der Waals surface area (Å²) < 4.78 is 14.1. The molecule has 3 aromatic heterocycles. The molecule has 3 heterocycles. The molecule has 3 fully saturated rings. The first-order valence-corrected chi connectivity index (χ1v) is 13.4. The Labute approximate surface area is 219 Å². The molecule has 1 N–H and O–H groups in total. The zero-order valence-electron chi connectivity index (χ0n) is 20.8. The van der Waals surface area contributed by atoms with Gasteiger partial charge in [-0.25, -0.2) is 9.78 Å². The molecular formula is C29H28ClN3O4. The van der Waals surface area contributed by atoms with Gasteiger partial charge in [0, 0.05) is 46.1 Å². The van der Waals surface area contributed by atoms with Crippen molar-refractivity contribution in [1.82, 2.24) is 14.7 Å². The standard InChI is InChI=1S/C29H28ClN3O4/c1-14-25(15(2)37-32-14)19-9-21-22(13-33(28(21)31-12-19)27(16-3-4-16)17-5-6-17)26-23(30)10-18(29(34)35)11-24(26)36-20-7-8-20/h9-13,16-17,20,27H,3-8H2,1-2H3,(H,34,35). The van der Waals surface area contributed by atoms with Gasteiger partial charge in [-0.2, -0.15) is 0 Å². The van der Waals surface area contributed by atoms with Crippen molar-refractivity contribution in [3.63, 3.8) is 0 Å². The summed E-state index contributed by atoms with van der Waals surface area (Å²) in [6.07, 6.45) is 11.1. The average Bonchev–Trinajstić information content (AvgIpc) is 3.74. The first-order valence-electron chi connectivity index (χ1n) is 13.1. The van der Waals surface area contributed by atoms with Gasteiger partial charge in [0.15, 0.2) is 0 Å². The molecule has 0 saturated heterocycles. The summed E-state index contributed by atoms with van der Waals surface area (Å²) >= 11 is 6.85. The zero-order chi connectivity index (χ0) is 25.4. The van der Waals surface area contributed by atoms with Gasteiger partial charge in [-0.1, -0.05) is 16.8 Å². The number of ether oxygens (including phenoxy) is 1. The van der Waals surface area contributed by atoms with Crippen LogP contribution in [0.25, 0.3) is 33.3 Å². The van der Waals surface area contributed by atoms with Gasteiger partial charge in [-0.05, 0) is 82.4 Å². The third-order valence-corrected chi connectivity index (χ3v) is 8.21. The summed E-state index contributed by atoms with van der Waals surface area (Å²) in [5, 5.41) is 15.2. The molecule has 0 amide bonds. The van der Waals surface area contributed by atoms with E-state index in [1.54, 1.807) is 6.07 Å². The van der Waals surface area contributed by atoms with Crippen molar-refractivity contribution < 1.29 is 19.2 Å². The lowest BCUT2D eigenvalue weighted by molar-refractivity contribution is 0.0696. The molecule has 3 aliphatic rings. The number of fused-ring (bicyclic) bond motifs is 1. The highest BCUT2D eigenvalue weighted by molar-refractivity contribution is 6.34. The fourth-order valence-corrected chi connectivity index (χ4v) is 6.04. The smallest absolute Gasteiger partial charge is 0.335 e. The number of aromatic carboxylic acids is 1. The van der Waals surface area contributed by atoms with Gasteiger partial charge in [-0.3, -0.25) is 0 Å². The summed E-state index contributed by atoms with van der Waals surface area (Å²) in [6.45, 7) is 3.84. The summed E-state index contributed by atoms with van der Waals surface area (Å²) in [6, 6.07) is 5.68. The molecule has 0 unspecified atom stereocenters. The van der Waals surface area contributed by atoms with Gasteiger partial charge in [-0.15, -0.1) is 0 Å². The number of halogens is 1. The van der Waals surface area contributed by atoms with Gasteiger partial charge < -0.3 is 18.9 Å². The van der Waals surface area contributed by atoms with Crippen LogP contribution in [-0.4, -0.2) is 31.9 Å². The van der Waals surface area contributed by atoms with Crippen LogP contribution in [0.15, 0.2) is 35.1 Å². The number of rotatable bonds is 8. The fourth-order valence-electron chi connectivity index (χ4n) is 5.73. The Bertz CT molecular complexity index is 1530. The van der Waals surface area contributed by atoms with Crippen molar-refractivity contribution in [2.45, 2.75) is 64.5 Å². The van der Waals surface area contributed by atoms with Gasteiger partial charge >= 0.3 is 5.97 Å². The van der Waals surface area contributed by atoms with Crippen LogP contribution in [0, 0.1) is 25.7 Å². The van der Waals surface area contributed by atoms with Crippen LogP contribution in [0.5, 0.6) is 5.75 Å². The molecule has 190 valence electrons. The Morgan fingerprint density at radius 3 is 2.43 bits per heavy atom. The predicted octanol–water partition coefficient (Wildman–Crippen LogP) is 7.23. The summed E-state index contributed by atoms with van der Waals surface area (Å²) in [5.74, 6) is 1.58. The topological polar surface area (TPSA) is 90.4 Å². The molecule has 0 atom stereocenters. The van der Waals surface area contributed by atoms with Gasteiger partial charge in [0.05, 0.1) is 22.4 Å². The lowest BCUT2D eigenvalue weighted by atomic mass is 9.99. The highest BCUT2D eigenvalue weighted by Gasteiger charge is 2.43. The number of aromatic nitrogens is 3. The Morgan fingerprint density at radius 1 is 1.11 bits per heavy atom. The number of hydrogen-bond acceptors (Lipinski definition) is 5. The van der Waals surface area contributed by atoms with Crippen LogP contribution in [0.2, 0.25) is 5.02 Å². The third-order valence-electron chi connectivity index (χ3n) is 7.91. The zero-order valence-corrected chi connectivity index (χ0v) is 21.6. The molecule has 7 nitrogen and oxygen atoms in total. The van der Waals surface area contributed by atoms with Crippen molar-refractivity contribution in [2.75, 3.05) is 0 Å². The molecule has 4 aromatic rings. The van der Waals surface area contributed by atoms with Gasteiger partial charge in [0.1, 0.15) is 17.2 Å². The summed E-state index contributed by atoms with van der Waals surface area (Å²) in [4.78, 5) is 16.8. The Kier molecular flexibility index (Phi) is 5.15. The number of aryl methyl sites for hydroxylation is 2. The van der Waals surface area contributed by atoms with Crippen LogP contribution in [-0.2, 0) is 0 Å². The number of pyridine rings is 1. The van der Waals surface area contributed by atoms with Gasteiger partial charge in [0.25, 0.3) is 0 Å². The van der Waals surface area contributed by atoms with E-state index in [-0.39, 0.29) is 11.7 Å². The maximum absolute atomic E-state index is 11.8. The lowest BCUT2D eigenvalue weighted by Gasteiger charge is -2.19. The SMILES string of the molecule is Cc1noc(C)c1-c1cnc2c(c1)c(-c1c(Cl)cc(C(=O)O)cc1OC1CC1)cn2C(C1CC1)C1CC1. The summed E-state index contributed by atoms with van der Waals surface area (Å²) in [5.41, 5.74) is 5.37. The van der Waals surface area contributed by atoms with E-state index in [9.17, 15) is 9.90 Å². The molecule has 0 aliphatic heterocycles. The second kappa shape index (κ2) is 8.35. The Hall–Kier alpha value is -3.32. The van der Waals surface area contributed by atoms with Crippen molar-refractivity contribution in [3.8, 4) is 28.0 Å². The minimum absolute atomic E-state index is 0.0916. The van der Waals surface area contributed by atoms with E-state index in [1.807, 2.05) is 20.0 Å². The number of hydrogen-bond donors (Lipinski definition) is 1. The Morgan fingerprint density at radius 2 is 1.84 bits per heavy atom. The number of benzene rings is 1. The number of nitrogens with zero attached hydrogens (tertiary/aromatic N) is 3. The highest BCUT2D eigenvalue weighted by Crippen LogP contribution is 2.54. The average molecular weight is 518 g/mol. The second-order valence-corrected chi connectivity index (χ2v) is 11.3. The summed E-state index contributed by atoms with van der Waals surface area (Å²) in [7, 11) is 0. The van der Waals surface area contributed by atoms with E-state index in [1.165, 1.54) is 31.7 Å². The Balaban J connectivity index is 1.48. The van der Waals surface area contributed by atoms with E-state index >= 15 is 0 Å². The van der Waals surface area contributed by atoms with Crippen LogP contribution < -0.4 is 4.74 Å². The van der Waals surface area contributed by atoms with E-state index in [2.05, 4.69) is 22.0 Å². The number of carboxylic acid groups (broad SMARTS) is 1. The maximum atomic E-state index is 11.8. The maximum Gasteiger partial charge on any atom is 0.335 e. The van der Waals surface area contributed by atoms with Crippen molar-refractivity contribution >= 4 is 28.6 Å². The van der Waals surface area contributed by atoms with Crippen LogP contribution in [0.3, 0.4) is 0 Å².